The van der Waals surface area contributed by atoms with Crippen LogP contribution in [0.5, 0.6) is 17.2 Å². The van der Waals surface area contributed by atoms with Gasteiger partial charge in [0.15, 0.2) is 0 Å². The molecule has 0 aliphatic heterocycles. The number of aromatic hydroxyl groups is 2. The lowest BCUT2D eigenvalue weighted by Crippen LogP contribution is -2.17. The van der Waals surface area contributed by atoms with Crippen LogP contribution in [0, 0.1) is 0 Å². The van der Waals surface area contributed by atoms with E-state index in [2.05, 4.69) is 10.5 Å². The van der Waals surface area contributed by atoms with Crippen LogP contribution < -0.4 is 10.2 Å². The number of benzene rings is 3. The van der Waals surface area contributed by atoms with Crippen molar-refractivity contribution in [3.8, 4) is 17.2 Å². The van der Waals surface area contributed by atoms with Crippen LogP contribution in [-0.2, 0) is 6.61 Å². The van der Waals surface area contributed by atoms with E-state index in [1.165, 1.54) is 18.3 Å². The van der Waals surface area contributed by atoms with Crippen LogP contribution in [-0.4, -0.2) is 22.3 Å². The molecule has 3 N–H and O–H groups in total. The lowest BCUT2D eigenvalue weighted by atomic mass is 10.2. The third-order valence-corrected chi connectivity index (χ3v) is 4.21. The zero-order valence-electron chi connectivity index (χ0n) is 14.7. The van der Waals surface area contributed by atoms with Crippen LogP contribution in [0.1, 0.15) is 21.5 Å². The zero-order chi connectivity index (χ0) is 19.9. The summed E-state index contributed by atoms with van der Waals surface area (Å²) in [7, 11) is 0. The van der Waals surface area contributed by atoms with E-state index in [1.54, 1.807) is 24.3 Å². The smallest absolute Gasteiger partial charge is 0.275 e. The third-order valence-electron chi connectivity index (χ3n) is 3.84. The lowest BCUT2D eigenvalue weighted by Gasteiger charge is -2.07. The van der Waals surface area contributed by atoms with E-state index in [-0.39, 0.29) is 17.1 Å². The molecule has 0 radical (unpaired) electrons. The maximum absolute atomic E-state index is 12.0. The van der Waals surface area contributed by atoms with E-state index in [0.29, 0.717) is 17.4 Å². The van der Waals surface area contributed by atoms with E-state index in [0.717, 1.165) is 17.2 Å². The van der Waals surface area contributed by atoms with Gasteiger partial charge in [-0.1, -0.05) is 29.8 Å². The van der Waals surface area contributed by atoms with Crippen molar-refractivity contribution >= 4 is 23.7 Å². The second-order valence-electron chi connectivity index (χ2n) is 5.85. The van der Waals surface area contributed by atoms with Crippen molar-refractivity contribution in [2.45, 2.75) is 6.61 Å². The first-order valence-electron chi connectivity index (χ1n) is 8.34. The number of halogens is 1. The van der Waals surface area contributed by atoms with Gasteiger partial charge >= 0.3 is 0 Å². The first-order chi connectivity index (χ1) is 13.5. The fourth-order valence-electron chi connectivity index (χ4n) is 2.36. The highest BCUT2D eigenvalue weighted by Crippen LogP contribution is 2.22. The standard InChI is InChI=1S/C21H17ClN2O4/c22-19-4-2-1-3-15(19)13-28-17-8-5-14(6-9-17)12-23-24-21(27)18-10-7-16(25)11-20(18)26/h1-12,25-26H,13H2,(H,24,27)/b23-12-. The van der Waals surface area contributed by atoms with Gasteiger partial charge in [0.1, 0.15) is 23.9 Å². The molecule has 0 spiro atoms. The van der Waals surface area contributed by atoms with Gasteiger partial charge in [-0.15, -0.1) is 0 Å². The highest BCUT2D eigenvalue weighted by Gasteiger charge is 2.10. The Hall–Kier alpha value is -3.51. The van der Waals surface area contributed by atoms with Gasteiger partial charge in [0, 0.05) is 16.7 Å². The van der Waals surface area contributed by atoms with E-state index >= 15 is 0 Å². The van der Waals surface area contributed by atoms with Crippen molar-refractivity contribution in [2.24, 2.45) is 5.10 Å². The summed E-state index contributed by atoms with van der Waals surface area (Å²) < 4.78 is 5.70. The molecule has 142 valence electrons. The summed E-state index contributed by atoms with van der Waals surface area (Å²) in [5.74, 6) is -0.370. The number of phenols is 2. The van der Waals surface area contributed by atoms with Crippen LogP contribution in [0.15, 0.2) is 71.8 Å². The summed E-state index contributed by atoms with van der Waals surface area (Å²) in [6, 6.07) is 18.3. The van der Waals surface area contributed by atoms with Gasteiger partial charge in [-0.3, -0.25) is 4.79 Å². The molecule has 6 nitrogen and oxygen atoms in total. The number of ether oxygens (including phenoxy) is 1. The molecule has 0 heterocycles. The van der Waals surface area contributed by atoms with Crippen LogP contribution in [0.25, 0.3) is 0 Å². The monoisotopic (exact) mass is 396 g/mol. The summed E-state index contributed by atoms with van der Waals surface area (Å²) in [4.78, 5) is 12.0. The highest BCUT2D eigenvalue weighted by atomic mass is 35.5. The maximum atomic E-state index is 12.0. The Morgan fingerprint density at radius 2 is 1.82 bits per heavy atom. The predicted octanol–water partition coefficient (Wildman–Crippen LogP) is 4.09. The third kappa shape index (κ3) is 5.02. The van der Waals surface area contributed by atoms with Crippen LogP contribution in [0.4, 0.5) is 0 Å². The summed E-state index contributed by atoms with van der Waals surface area (Å²) in [6.07, 6.45) is 1.47. The minimum absolute atomic E-state index is 0.0123. The van der Waals surface area contributed by atoms with Gasteiger partial charge in [0.2, 0.25) is 0 Å². The molecule has 0 saturated heterocycles. The molecule has 3 rings (SSSR count). The van der Waals surface area contributed by atoms with E-state index in [4.69, 9.17) is 16.3 Å². The molecular formula is C21H17ClN2O4. The molecular weight excluding hydrogens is 380 g/mol. The Balaban J connectivity index is 1.55. The molecule has 0 fully saturated rings. The molecule has 3 aromatic rings. The topological polar surface area (TPSA) is 91.2 Å². The van der Waals surface area contributed by atoms with Gasteiger partial charge in [0.25, 0.3) is 5.91 Å². The molecule has 0 bridgehead atoms. The van der Waals surface area contributed by atoms with Crippen LogP contribution >= 0.6 is 11.6 Å². The van der Waals surface area contributed by atoms with Crippen LogP contribution in [0.3, 0.4) is 0 Å². The fourth-order valence-corrected chi connectivity index (χ4v) is 2.55. The molecule has 28 heavy (non-hydrogen) atoms. The number of amides is 1. The highest BCUT2D eigenvalue weighted by molar-refractivity contribution is 6.31. The molecule has 0 unspecified atom stereocenters. The minimum Gasteiger partial charge on any atom is -0.508 e. The average Bonchev–Trinajstić information content (AvgIpc) is 2.68. The molecule has 0 aliphatic carbocycles. The number of hydrazone groups is 1. The Kier molecular flexibility index (Phi) is 6.14. The summed E-state index contributed by atoms with van der Waals surface area (Å²) in [5.41, 5.74) is 3.98. The molecule has 3 aromatic carbocycles. The van der Waals surface area contributed by atoms with Gasteiger partial charge < -0.3 is 14.9 Å². The molecule has 1 amide bonds. The second-order valence-corrected chi connectivity index (χ2v) is 6.26. The largest absolute Gasteiger partial charge is 0.508 e. The summed E-state index contributed by atoms with van der Waals surface area (Å²) in [6.45, 7) is 0.360. The second kappa shape index (κ2) is 8.92. The van der Waals surface area contributed by atoms with E-state index in [9.17, 15) is 15.0 Å². The number of rotatable bonds is 6. The number of nitrogens with zero attached hydrogens (tertiary/aromatic N) is 1. The van der Waals surface area contributed by atoms with E-state index < -0.39 is 5.91 Å². The van der Waals surface area contributed by atoms with Crippen molar-refractivity contribution in [1.29, 1.82) is 0 Å². The number of hydrogen-bond acceptors (Lipinski definition) is 5. The SMILES string of the molecule is O=C(N/N=C\c1ccc(OCc2ccccc2Cl)cc1)c1ccc(O)cc1O. The lowest BCUT2D eigenvalue weighted by molar-refractivity contribution is 0.0952. The van der Waals surface area contributed by atoms with Gasteiger partial charge in [-0.25, -0.2) is 5.43 Å². The number of carbonyl (C=O) groups is 1. The predicted molar refractivity (Wildman–Crippen MR) is 107 cm³/mol. The number of hydrogen-bond donors (Lipinski definition) is 3. The fraction of sp³-hybridized carbons (Fsp3) is 0.0476. The molecule has 0 atom stereocenters. The Morgan fingerprint density at radius 1 is 1.07 bits per heavy atom. The first kappa shape index (κ1) is 19.3. The Morgan fingerprint density at radius 3 is 2.54 bits per heavy atom. The molecule has 0 aromatic heterocycles. The first-order valence-corrected chi connectivity index (χ1v) is 8.72. The quantitative estimate of drug-likeness (QED) is 0.432. The maximum Gasteiger partial charge on any atom is 0.275 e. The number of nitrogens with one attached hydrogen (secondary N) is 1. The van der Waals surface area contributed by atoms with Crippen molar-refractivity contribution in [3.63, 3.8) is 0 Å². The normalized spacial score (nSPS) is 10.8. The van der Waals surface area contributed by atoms with Crippen LogP contribution in [0.2, 0.25) is 5.02 Å². The average molecular weight is 397 g/mol. The molecule has 0 aliphatic rings. The van der Waals surface area contributed by atoms with Crippen molar-refractivity contribution in [2.75, 3.05) is 0 Å². The van der Waals surface area contributed by atoms with Gasteiger partial charge in [-0.2, -0.15) is 5.10 Å². The number of phenolic OH excluding ortho intramolecular Hbond substituents is 2. The minimum atomic E-state index is -0.589. The van der Waals surface area contributed by atoms with Gasteiger partial charge in [0.05, 0.1) is 11.8 Å². The molecule has 0 saturated carbocycles. The number of carbonyl (C=O) groups excluding carboxylic acids is 1. The zero-order valence-corrected chi connectivity index (χ0v) is 15.4. The Bertz CT molecular complexity index is 1000. The van der Waals surface area contributed by atoms with Crippen molar-refractivity contribution in [1.82, 2.24) is 5.43 Å². The van der Waals surface area contributed by atoms with Gasteiger partial charge in [-0.05, 0) is 48.0 Å². The van der Waals surface area contributed by atoms with Crippen molar-refractivity contribution < 1.29 is 19.7 Å². The Labute approximate surface area is 166 Å². The summed E-state index contributed by atoms with van der Waals surface area (Å²) >= 11 is 6.10. The molecule has 7 heteroatoms. The van der Waals surface area contributed by atoms with Crippen molar-refractivity contribution in [3.05, 3.63) is 88.4 Å². The van der Waals surface area contributed by atoms with E-state index in [1.807, 2.05) is 24.3 Å². The summed E-state index contributed by atoms with van der Waals surface area (Å²) in [5, 5.41) is 23.4.